The summed E-state index contributed by atoms with van der Waals surface area (Å²) in [6.07, 6.45) is -8.59. The minimum Gasteiger partial charge on any atom is -0.372 e. The highest BCUT2D eigenvalue weighted by Crippen LogP contribution is 2.38. The molecule has 0 saturated carbocycles. The summed E-state index contributed by atoms with van der Waals surface area (Å²) in [6.45, 7) is 1.42. The van der Waals surface area contributed by atoms with E-state index in [1.165, 1.54) is 6.92 Å². The van der Waals surface area contributed by atoms with Crippen molar-refractivity contribution in [3.8, 4) is 0 Å². The second kappa shape index (κ2) is 10.6. The summed E-state index contributed by atoms with van der Waals surface area (Å²) in [5.74, 6) is -0.0142. The number of carbonyl (C=O) groups is 1. The lowest BCUT2D eigenvalue weighted by Gasteiger charge is -2.36. The Labute approximate surface area is 200 Å². The van der Waals surface area contributed by atoms with Crippen LogP contribution in [0.5, 0.6) is 0 Å². The predicted molar refractivity (Wildman–Crippen MR) is 118 cm³/mol. The summed E-state index contributed by atoms with van der Waals surface area (Å²) in [6, 6.07) is 10.8. The van der Waals surface area contributed by atoms with Gasteiger partial charge in [-0.25, -0.2) is 0 Å². The average molecular weight is 502 g/mol. The molecule has 192 valence electrons. The molecule has 2 N–H and O–H groups in total. The van der Waals surface area contributed by atoms with Gasteiger partial charge in [0.15, 0.2) is 0 Å². The molecule has 2 aromatic rings. The maximum atomic E-state index is 13.3. The Morgan fingerprint density at radius 2 is 1.60 bits per heavy atom. The van der Waals surface area contributed by atoms with E-state index in [0.717, 1.165) is 5.56 Å². The minimum absolute atomic E-state index is 0.00540. The monoisotopic (exact) mass is 502 g/mol. The number of rotatable bonds is 9. The Morgan fingerprint density at radius 1 is 1.00 bits per heavy atom. The van der Waals surface area contributed by atoms with Crippen LogP contribution in [0, 0.1) is 0 Å². The molecule has 10 heteroatoms. The molecule has 35 heavy (non-hydrogen) atoms. The Bertz CT molecular complexity index is 977. The number of halogens is 6. The highest BCUT2D eigenvalue weighted by molar-refractivity contribution is 5.78. The molecule has 1 aliphatic rings. The van der Waals surface area contributed by atoms with Crippen molar-refractivity contribution >= 4 is 5.91 Å². The van der Waals surface area contributed by atoms with Crippen molar-refractivity contribution in [2.24, 2.45) is 0 Å². The van der Waals surface area contributed by atoms with Crippen molar-refractivity contribution in [2.75, 3.05) is 13.7 Å². The third-order valence-electron chi connectivity index (χ3n) is 6.47. The number of carbonyl (C=O) groups excluding carboxylic acids is 1. The van der Waals surface area contributed by atoms with Gasteiger partial charge in [-0.3, -0.25) is 4.79 Å². The van der Waals surface area contributed by atoms with Crippen molar-refractivity contribution < 1.29 is 35.9 Å². The van der Waals surface area contributed by atoms with Crippen LogP contribution in [0.25, 0.3) is 0 Å². The molecular weight excluding hydrogens is 474 g/mol. The van der Waals surface area contributed by atoms with Gasteiger partial charge in [0.1, 0.15) is 0 Å². The van der Waals surface area contributed by atoms with Gasteiger partial charge in [-0.15, -0.1) is 0 Å². The fourth-order valence-electron chi connectivity index (χ4n) is 4.29. The highest BCUT2D eigenvalue weighted by Gasteiger charge is 2.38. The maximum absolute atomic E-state index is 13.3. The number of likely N-dealkylation sites (N-methyl/N-ethyl adjacent to an activating group) is 1. The molecule has 0 aliphatic carbocycles. The van der Waals surface area contributed by atoms with Crippen LogP contribution in [0.2, 0.25) is 0 Å². The SMILES string of the molecule is CN[C@](CC[C@H]1CCC(=O)N1)(CO[C@H](C)c1cc(C(F)(F)F)cc(C(F)(F)F)c1)c1ccccc1. The van der Waals surface area contributed by atoms with Crippen molar-refractivity contribution in [1.29, 1.82) is 0 Å². The molecule has 2 aromatic carbocycles. The molecule has 3 atom stereocenters. The fourth-order valence-corrected chi connectivity index (χ4v) is 4.29. The van der Waals surface area contributed by atoms with Gasteiger partial charge in [-0.1, -0.05) is 30.3 Å². The van der Waals surface area contributed by atoms with Gasteiger partial charge in [0, 0.05) is 12.5 Å². The van der Waals surface area contributed by atoms with E-state index in [1.54, 1.807) is 7.05 Å². The number of alkyl halides is 6. The quantitative estimate of drug-likeness (QED) is 0.415. The van der Waals surface area contributed by atoms with Gasteiger partial charge in [0.2, 0.25) is 5.91 Å². The zero-order valence-corrected chi connectivity index (χ0v) is 19.4. The Hall–Kier alpha value is -2.59. The van der Waals surface area contributed by atoms with Gasteiger partial charge in [-0.05, 0) is 62.6 Å². The summed E-state index contributed by atoms with van der Waals surface area (Å²) < 4.78 is 85.6. The van der Waals surface area contributed by atoms with Gasteiger partial charge in [-0.2, -0.15) is 26.3 Å². The lowest BCUT2D eigenvalue weighted by molar-refractivity contribution is -0.143. The summed E-state index contributed by atoms with van der Waals surface area (Å²) in [7, 11) is 1.72. The number of hydrogen-bond acceptors (Lipinski definition) is 3. The van der Waals surface area contributed by atoms with Gasteiger partial charge >= 0.3 is 12.4 Å². The maximum Gasteiger partial charge on any atom is 0.416 e. The second-order valence-electron chi connectivity index (χ2n) is 8.83. The topological polar surface area (TPSA) is 50.4 Å². The summed E-state index contributed by atoms with van der Waals surface area (Å²) in [4.78, 5) is 11.6. The molecule has 1 heterocycles. The number of amides is 1. The molecule has 0 aromatic heterocycles. The number of benzene rings is 2. The summed E-state index contributed by atoms with van der Waals surface area (Å²) in [5, 5.41) is 6.16. The second-order valence-corrected chi connectivity index (χ2v) is 8.83. The standard InChI is InChI=1S/C25H28F6N2O2/c1-16(17-12-19(24(26,27)28)14-20(13-17)25(29,30)31)35-15-23(32-2,18-6-4-3-5-7-18)11-10-21-8-9-22(34)33-21/h3-7,12-14,16,21,32H,8-11,15H2,1-2H3,(H,33,34)/t16-,21-,23-/m1/s1. The lowest BCUT2D eigenvalue weighted by atomic mass is 9.84. The predicted octanol–water partition coefficient (Wildman–Crippen LogP) is 5.98. The first-order chi connectivity index (χ1) is 16.3. The largest absolute Gasteiger partial charge is 0.416 e. The molecule has 0 bridgehead atoms. The van der Waals surface area contributed by atoms with E-state index >= 15 is 0 Å². The molecule has 4 nitrogen and oxygen atoms in total. The number of hydrogen-bond donors (Lipinski definition) is 2. The van der Waals surface area contributed by atoms with Crippen LogP contribution in [0.4, 0.5) is 26.3 Å². The molecular formula is C25H28F6N2O2. The smallest absolute Gasteiger partial charge is 0.372 e. The van der Waals surface area contributed by atoms with Gasteiger partial charge in [0.05, 0.1) is 29.4 Å². The summed E-state index contributed by atoms with van der Waals surface area (Å²) >= 11 is 0. The van der Waals surface area contributed by atoms with Crippen LogP contribution in [-0.4, -0.2) is 25.6 Å². The van der Waals surface area contributed by atoms with Crippen LogP contribution >= 0.6 is 0 Å². The Kier molecular flexibility index (Phi) is 8.16. The Morgan fingerprint density at radius 3 is 2.09 bits per heavy atom. The van der Waals surface area contributed by atoms with Crippen LogP contribution in [-0.2, 0) is 27.4 Å². The third kappa shape index (κ3) is 6.76. The molecule has 0 unspecified atom stereocenters. The molecule has 1 saturated heterocycles. The zero-order chi connectivity index (χ0) is 25.9. The van der Waals surface area contributed by atoms with Crippen LogP contribution in [0.3, 0.4) is 0 Å². The molecule has 0 spiro atoms. The first-order valence-electron chi connectivity index (χ1n) is 11.3. The van der Waals surface area contributed by atoms with E-state index in [2.05, 4.69) is 10.6 Å². The van der Waals surface area contributed by atoms with Crippen LogP contribution < -0.4 is 10.6 Å². The normalized spacial score (nSPS) is 19.3. The third-order valence-corrected chi connectivity index (χ3v) is 6.47. The average Bonchev–Trinajstić information content (AvgIpc) is 3.23. The minimum atomic E-state index is -4.93. The van der Waals surface area contributed by atoms with E-state index in [0.29, 0.717) is 37.8 Å². The zero-order valence-electron chi connectivity index (χ0n) is 19.4. The number of nitrogens with one attached hydrogen (secondary N) is 2. The van der Waals surface area contributed by atoms with Gasteiger partial charge in [0.25, 0.3) is 0 Å². The van der Waals surface area contributed by atoms with Crippen LogP contribution in [0.1, 0.15) is 61.0 Å². The first kappa shape index (κ1) is 27.0. The van der Waals surface area contributed by atoms with Crippen molar-refractivity contribution in [2.45, 2.75) is 62.6 Å². The highest BCUT2D eigenvalue weighted by atomic mass is 19.4. The van der Waals surface area contributed by atoms with Crippen LogP contribution in [0.15, 0.2) is 48.5 Å². The lowest BCUT2D eigenvalue weighted by Crippen LogP contribution is -2.45. The molecule has 1 amide bonds. The molecule has 0 radical (unpaired) electrons. The van der Waals surface area contributed by atoms with E-state index in [9.17, 15) is 31.1 Å². The summed E-state index contributed by atoms with van der Waals surface area (Å²) in [5.41, 5.74) is -2.88. The van der Waals surface area contributed by atoms with E-state index in [4.69, 9.17) is 4.74 Å². The van der Waals surface area contributed by atoms with E-state index < -0.39 is 35.1 Å². The molecule has 3 rings (SSSR count). The molecule has 1 aliphatic heterocycles. The van der Waals surface area contributed by atoms with Crippen molar-refractivity contribution in [1.82, 2.24) is 10.6 Å². The fraction of sp³-hybridized carbons (Fsp3) is 0.480. The molecule has 1 fully saturated rings. The number of ether oxygens (including phenoxy) is 1. The van der Waals surface area contributed by atoms with Crippen molar-refractivity contribution in [3.63, 3.8) is 0 Å². The first-order valence-corrected chi connectivity index (χ1v) is 11.3. The van der Waals surface area contributed by atoms with E-state index in [1.807, 2.05) is 30.3 Å². The Balaban J connectivity index is 1.85. The van der Waals surface area contributed by atoms with Gasteiger partial charge < -0.3 is 15.4 Å². The van der Waals surface area contributed by atoms with Crippen molar-refractivity contribution in [3.05, 3.63) is 70.8 Å². The van der Waals surface area contributed by atoms with E-state index in [-0.39, 0.29) is 30.2 Å².